The molecule has 16 heavy (non-hydrogen) atoms. The van der Waals surface area contributed by atoms with E-state index in [0.29, 0.717) is 11.5 Å². The predicted molar refractivity (Wildman–Crippen MR) is 67.5 cm³/mol. The number of methoxy groups -OCH3 is 2. The third-order valence-corrected chi connectivity index (χ3v) is 3.41. The molecule has 1 rings (SSSR count). The maximum Gasteiger partial charge on any atom is 0.175 e. The van der Waals surface area contributed by atoms with Gasteiger partial charge in [-0.05, 0) is 40.0 Å². The SMILES string of the molecule is COc1cc(C)c(C(C)CO)c(Br)c1OC. The van der Waals surface area contributed by atoms with Crippen LogP contribution in [0, 0.1) is 6.92 Å². The Morgan fingerprint density at radius 2 is 2.00 bits per heavy atom. The number of hydrogen-bond acceptors (Lipinski definition) is 3. The maximum absolute atomic E-state index is 9.23. The van der Waals surface area contributed by atoms with Gasteiger partial charge in [-0.15, -0.1) is 0 Å². The summed E-state index contributed by atoms with van der Waals surface area (Å²) in [7, 11) is 3.21. The van der Waals surface area contributed by atoms with Crippen LogP contribution in [0.1, 0.15) is 24.0 Å². The van der Waals surface area contributed by atoms with Gasteiger partial charge in [-0.2, -0.15) is 0 Å². The van der Waals surface area contributed by atoms with Gasteiger partial charge in [-0.1, -0.05) is 6.92 Å². The first-order valence-corrected chi connectivity index (χ1v) is 5.87. The molecule has 0 bridgehead atoms. The van der Waals surface area contributed by atoms with Gasteiger partial charge in [0.1, 0.15) is 0 Å². The molecule has 1 atom stereocenters. The maximum atomic E-state index is 9.23. The van der Waals surface area contributed by atoms with Crippen LogP contribution in [0.3, 0.4) is 0 Å². The molecule has 1 aromatic rings. The molecule has 0 heterocycles. The van der Waals surface area contributed by atoms with E-state index in [4.69, 9.17) is 9.47 Å². The third-order valence-electron chi connectivity index (χ3n) is 2.62. The zero-order valence-electron chi connectivity index (χ0n) is 10.0. The quantitative estimate of drug-likeness (QED) is 0.926. The minimum atomic E-state index is 0.0641. The Kier molecular flexibility index (Phi) is 4.62. The van der Waals surface area contributed by atoms with Gasteiger partial charge in [0.15, 0.2) is 11.5 Å². The zero-order chi connectivity index (χ0) is 12.3. The normalized spacial score (nSPS) is 12.4. The summed E-state index contributed by atoms with van der Waals surface area (Å²) in [4.78, 5) is 0. The van der Waals surface area contributed by atoms with Crippen molar-refractivity contribution in [1.29, 1.82) is 0 Å². The highest BCUT2D eigenvalue weighted by Crippen LogP contribution is 2.42. The number of aliphatic hydroxyl groups is 1. The number of halogens is 1. The number of aliphatic hydroxyl groups excluding tert-OH is 1. The molecule has 0 radical (unpaired) electrons. The first-order chi connectivity index (χ1) is 7.56. The molecule has 1 aromatic carbocycles. The minimum Gasteiger partial charge on any atom is -0.493 e. The van der Waals surface area contributed by atoms with Crippen molar-refractivity contribution in [3.05, 3.63) is 21.7 Å². The molecule has 0 aromatic heterocycles. The van der Waals surface area contributed by atoms with Crippen LogP contribution in [0.25, 0.3) is 0 Å². The van der Waals surface area contributed by atoms with Crippen molar-refractivity contribution in [3.8, 4) is 11.5 Å². The average molecular weight is 289 g/mol. The van der Waals surface area contributed by atoms with Crippen LogP contribution in [0.5, 0.6) is 11.5 Å². The van der Waals surface area contributed by atoms with E-state index in [1.165, 1.54) is 0 Å². The first-order valence-electron chi connectivity index (χ1n) is 5.08. The van der Waals surface area contributed by atoms with Crippen LogP contribution >= 0.6 is 15.9 Å². The highest BCUT2D eigenvalue weighted by atomic mass is 79.9. The lowest BCUT2D eigenvalue weighted by molar-refractivity contribution is 0.271. The van der Waals surface area contributed by atoms with Crippen LogP contribution in [-0.2, 0) is 0 Å². The van der Waals surface area contributed by atoms with Gasteiger partial charge in [0.25, 0.3) is 0 Å². The number of rotatable bonds is 4. The second-order valence-corrected chi connectivity index (χ2v) is 4.53. The molecule has 0 saturated carbocycles. The van der Waals surface area contributed by atoms with Crippen LogP contribution in [0.4, 0.5) is 0 Å². The average Bonchev–Trinajstić information content (AvgIpc) is 2.27. The fourth-order valence-electron chi connectivity index (χ4n) is 1.78. The van der Waals surface area contributed by atoms with Gasteiger partial charge in [-0.25, -0.2) is 0 Å². The van der Waals surface area contributed by atoms with E-state index >= 15 is 0 Å². The summed E-state index contributed by atoms with van der Waals surface area (Å²) >= 11 is 3.51. The Bertz CT molecular complexity index is 377. The van der Waals surface area contributed by atoms with Gasteiger partial charge < -0.3 is 14.6 Å². The summed E-state index contributed by atoms with van der Waals surface area (Å²) in [6, 6.07) is 1.92. The van der Waals surface area contributed by atoms with E-state index in [2.05, 4.69) is 15.9 Å². The largest absolute Gasteiger partial charge is 0.493 e. The van der Waals surface area contributed by atoms with Crippen molar-refractivity contribution in [1.82, 2.24) is 0 Å². The molecule has 0 aliphatic rings. The summed E-state index contributed by atoms with van der Waals surface area (Å²) in [5.74, 6) is 1.43. The fraction of sp³-hybridized carbons (Fsp3) is 0.500. The van der Waals surface area contributed by atoms with E-state index in [-0.39, 0.29) is 12.5 Å². The molecule has 0 saturated heterocycles. The lowest BCUT2D eigenvalue weighted by atomic mass is 9.96. The molecule has 4 heteroatoms. The van der Waals surface area contributed by atoms with Crippen molar-refractivity contribution in [3.63, 3.8) is 0 Å². The van der Waals surface area contributed by atoms with Crippen LogP contribution in [0.15, 0.2) is 10.5 Å². The number of benzene rings is 1. The highest BCUT2D eigenvalue weighted by molar-refractivity contribution is 9.10. The number of aryl methyl sites for hydroxylation is 1. The molecule has 1 unspecified atom stereocenters. The van der Waals surface area contributed by atoms with Crippen molar-refractivity contribution >= 4 is 15.9 Å². The molecule has 0 spiro atoms. The first kappa shape index (κ1) is 13.3. The standard InChI is InChI=1S/C12H17BrO3/c1-7-5-9(15-3)12(16-4)11(13)10(7)8(2)6-14/h5,8,14H,6H2,1-4H3. The van der Waals surface area contributed by atoms with Gasteiger partial charge in [-0.3, -0.25) is 0 Å². The molecule has 1 N–H and O–H groups in total. The summed E-state index contributed by atoms with van der Waals surface area (Å²) in [5, 5.41) is 9.23. The molecule has 3 nitrogen and oxygen atoms in total. The van der Waals surface area contributed by atoms with Gasteiger partial charge >= 0.3 is 0 Å². The lowest BCUT2D eigenvalue weighted by Crippen LogP contribution is -2.05. The second kappa shape index (κ2) is 5.55. The zero-order valence-corrected chi connectivity index (χ0v) is 11.6. The van der Waals surface area contributed by atoms with Gasteiger partial charge in [0.05, 0.1) is 18.7 Å². The van der Waals surface area contributed by atoms with Crippen LogP contribution in [-0.4, -0.2) is 25.9 Å². The molecule has 90 valence electrons. The Balaban J connectivity index is 3.40. The van der Waals surface area contributed by atoms with Crippen molar-refractivity contribution < 1.29 is 14.6 Å². The summed E-state index contributed by atoms with van der Waals surface area (Å²) in [6.45, 7) is 4.07. The van der Waals surface area contributed by atoms with E-state index in [1.54, 1.807) is 14.2 Å². The summed E-state index contributed by atoms with van der Waals surface area (Å²) in [6.07, 6.45) is 0. The smallest absolute Gasteiger partial charge is 0.175 e. The topological polar surface area (TPSA) is 38.7 Å². The molecule has 0 amide bonds. The minimum absolute atomic E-state index is 0.0641. The number of ether oxygens (including phenoxy) is 2. The molecular weight excluding hydrogens is 272 g/mol. The van der Waals surface area contributed by atoms with Crippen molar-refractivity contribution in [2.24, 2.45) is 0 Å². The summed E-state index contributed by atoms with van der Waals surface area (Å²) in [5.41, 5.74) is 2.13. The number of hydrogen-bond donors (Lipinski definition) is 1. The van der Waals surface area contributed by atoms with Crippen LogP contribution < -0.4 is 9.47 Å². The Hall–Kier alpha value is -0.740. The van der Waals surface area contributed by atoms with Crippen molar-refractivity contribution in [2.45, 2.75) is 19.8 Å². The Morgan fingerprint density at radius 3 is 2.44 bits per heavy atom. The molecular formula is C12H17BrO3. The molecule has 0 fully saturated rings. The van der Waals surface area contributed by atoms with E-state index < -0.39 is 0 Å². The van der Waals surface area contributed by atoms with E-state index in [9.17, 15) is 5.11 Å². The lowest BCUT2D eigenvalue weighted by Gasteiger charge is -2.19. The Morgan fingerprint density at radius 1 is 1.38 bits per heavy atom. The predicted octanol–water partition coefficient (Wildman–Crippen LogP) is 2.87. The van der Waals surface area contributed by atoms with E-state index in [0.717, 1.165) is 15.6 Å². The highest BCUT2D eigenvalue weighted by Gasteiger charge is 2.19. The van der Waals surface area contributed by atoms with E-state index in [1.807, 2.05) is 19.9 Å². The fourth-order valence-corrected chi connectivity index (χ4v) is 2.84. The third kappa shape index (κ3) is 2.33. The monoisotopic (exact) mass is 288 g/mol. The Labute approximate surface area is 105 Å². The van der Waals surface area contributed by atoms with Crippen molar-refractivity contribution in [2.75, 3.05) is 20.8 Å². The summed E-state index contributed by atoms with van der Waals surface area (Å²) < 4.78 is 11.4. The van der Waals surface area contributed by atoms with Crippen LogP contribution in [0.2, 0.25) is 0 Å². The molecule has 0 aliphatic carbocycles. The van der Waals surface area contributed by atoms with Gasteiger partial charge in [0.2, 0.25) is 0 Å². The second-order valence-electron chi connectivity index (χ2n) is 3.74. The molecule has 0 aliphatic heterocycles. The van der Waals surface area contributed by atoms with Gasteiger partial charge in [0, 0.05) is 12.5 Å².